The number of amides is 2. The summed E-state index contributed by atoms with van der Waals surface area (Å²) in [5, 5.41) is 35.7. The van der Waals surface area contributed by atoms with E-state index in [1.807, 2.05) is 0 Å². The molecule has 38 heavy (non-hydrogen) atoms. The summed E-state index contributed by atoms with van der Waals surface area (Å²) in [7, 11) is 0. The number of hydrogen-bond donors (Lipinski definition) is 5. The Labute approximate surface area is 217 Å². The molecule has 1 unspecified atom stereocenters. The summed E-state index contributed by atoms with van der Waals surface area (Å²) in [6.07, 6.45) is -2.18. The number of carbonyl (C=O) groups is 6. The lowest BCUT2D eigenvalue weighted by atomic mass is 9.92. The van der Waals surface area contributed by atoms with Crippen LogP contribution in [0.5, 0.6) is 5.75 Å². The first kappa shape index (κ1) is 29.7. The predicted octanol–water partition coefficient (Wildman–Crippen LogP) is 0.343. The first-order valence-corrected chi connectivity index (χ1v) is 11.6. The Bertz CT molecular complexity index is 1090. The van der Waals surface area contributed by atoms with Gasteiger partial charge in [0.25, 0.3) is 5.91 Å². The number of oxime groups is 1. The molecule has 0 radical (unpaired) electrons. The summed E-state index contributed by atoms with van der Waals surface area (Å²) in [5.41, 5.74) is -1.57. The Hall–Kier alpha value is -4.49. The summed E-state index contributed by atoms with van der Waals surface area (Å²) in [4.78, 5) is 76.2. The second kappa shape index (κ2) is 13.7. The third-order valence-electron chi connectivity index (χ3n) is 5.51. The lowest BCUT2D eigenvalue weighted by Gasteiger charge is -2.25. The molecule has 3 atom stereocenters. The van der Waals surface area contributed by atoms with Crippen molar-refractivity contribution in [1.29, 1.82) is 0 Å². The van der Waals surface area contributed by atoms with Crippen LogP contribution in [0, 0.1) is 0 Å². The van der Waals surface area contributed by atoms with Crippen LogP contribution < -0.4 is 15.4 Å². The number of aliphatic carboxylic acids is 3. The minimum Gasteiger partial charge on any atom is -0.486 e. The van der Waals surface area contributed by atoms with E-state index < -0.39 is 72.6 Å². The topological polar surface area (TPSA) is 218 Å². The number of ether oxygens (including phenoxy) is 1. The molecule has 14 heteroatoms. The van der Waals surface area contributed by atoms with Crippen LogP contribution in [0.3, 0.4) is 0 Å². The fourth-order valence-electron chi connectivity index (χ4n) is 3.46. The van der Waals surface area contributed by atoms with E-state index in [2.05, 4.69) is 15.8 Å². The van der Waals surface area contributed by atoms with Gasteiger partial charge in [0, 0.05) is 19.3 Å². The number of nitrogens with zero attached hydrogens (tertiary/aromatic N) is 1. The summed E-state index contributed by atoms with van der Waals surface area (Å²) in [5.74, 6) is -5.51. The minimum absolute atomic E-state index is 0.106. The highest BCUT2D eigenvalue weighted by atomic mass is 16.7. The molecule has 2 amide bonds. The molecule has 1 aliphatic heterocycles. The van der Waals surface area contributed by atoms with Gasteiger partial charge in [0.2, 0.25) is 11.5 Å². The lowest BCUT2D eigenvalue weighted by molar-refractivity contribution is -0.146. The van der Waals surface area contributed by atoms with E-state index in [-0.39, 0.29) is 31.4 Å². The highest BCUT2D eigenvalue weighted by Gasteiger charge is 2.45. The predicted molar refractivity (Wildman–Crippen MR) is 128 cm³/mol. The van der Waals surface area contributed by atoms with Crippen molar-refractivity contribution in [3.63, 3.8) is 0 Å². The van der Waals surface area contributed by atoms with Gasteiger partial charge in [0.15, 0.2) is 5.78 Å². The van der Waals surface area contributed by atoms with Gasteiger partial charge in [0.1, 0.15) is 18.4 Å². The molecule has 0 aliphatic carbocycles. The van der Waals surface area contributed by atoms with Gasteiger partial charge in [-0.2, -0.15) is 0 Å². The summed E-state index contributed by atoms with van der Waals surface area (Å²) in [6, 6.07) is 5.92. The van der Waals surface area contributed by atoms with Gasteiger partial charge in [-0.15, -0.1) is 0 Å². The van der Waals surface area contributed by atoms with E-state index in [0.29, 0.717) is 5.75 Å². The maximum atomic E-state index is 13.0. The molecule has 0 fully saturated rings. The molecule has 0 bridgehead atoms. The maximum Gasteiger partial charge on any atom is 0.305 e. The highest BCUT2D eigenvalue weighted by Crippen LogP contribution is 2.27. The average Bonchev–Trinajstić information content (AvgIpc) is 3.26. The third kappa shape index (κ3) is 9.52. The third-order valence-corrected chi connectivity index (χ3v) is 5.51. The van der Waals surface area contributed by atoms with Crippen LogP contribution in [-0.4, -0.2) is 80.8 Å². The summed E-state index contributed by atoms with van der Waals surface area (Å²) in [6.45, 7) is 0.837. The van der Waals surface area contributed by atoms with E-state index in [0.717, 1.165) is 0 Å². The molecular weight excluding hydrogens is 506 g/mol. The monoisotopic (exact) mass is 535 g/mol. The van der Waals surface area contributed by atoms with Crippen molar-refractivity contribution < 1.29 is 53.7 Å². The molecule has 0 saturated carbocycles. The van der Waals surface area contributed by atoms with Crippen molar-refractivity contribution in [2.45, 2.75) is 63.1 Å². The molecule has 0 aromatic heterocycles. The fraction of sp³-hybridized carbons (Fsp3) is 0.458. The van der Waals surface area contributed by atoms with Gasteiger partial charge >= 0.3 is 17.9 Å². The summed E-state index contributed by atoms with van der Waals surface area (Å²) >= 11 is 0. The van der Waals surface area contributed by atoms with E-state index in [4.69, 9.17) is 19.8 Å². The number of rotatable bonds is 16. The van der Waals surface area contributed by atoms with Gasteiger partial charge in [0.05, 0.1) is 24.6 Å². The maximum absolute atomic E-state index is 13.0. The number of para-hydroxylation sites is 1. The fourth-order valence-corrected chi connectivity index (χ4v) is 3.46. The summed E-state index contributed by atoms with van der Waals surface area (Å²) < 4.78 is 5.36. The zero-order valence-corrected chi connectivity index (χ0v) is 20.5. The number of nitrogens with one attached hydrogen (secondary N) is 2. The molecule has 206 valence electrons. The number of hydrogen-bond acceptors (Lipinski definition) is 9. The molecule has 1 aliphatic rings. The van der Waals surface area contributed by atoms with Crippen LogP contribution in [0.25, 0.3) is 0 Å². The van der Waals surface area contributed by atoms with Crippen LogP contribution in [0.15, 0.2) is 35.5 Å². The van der Waals surface area contributed by atoms with E-state index in [9.17, 15) is 33.9 Å². The Morgan fingerprint density at radius 1 is 0.974 bits per heavy atom. The number of carbonyl (C=O) groups excluding carboxylic acids is 3. The SMILES string of the molecule is CC1(C(=O)N[C@@H](CC(=O)O)C(=O)COc2ccccc2)CC([C@H](CCC(=O)O)NC(=O)CCC(=O)O)=NO1. The molecular formula is C24H29N3O11. The second-order valence-corrected chi connectivity index (χ2v) is 8.72. The quantitative estimate of drug-likeness (QED) is 0.194. The first-order chi connectivity index (χ1) is 17.9. The van der Waals surface area contributed by atoms with Gasteiger partial charge in [-0.3, -0.25) is 28.8 Å². The van der Waals surface area contributed by atoms with Crippen LogP contribution in [0.4, 0.5) is 0 Å². The Kier molecular flexibility index (Phi) is 10.7. The van der Waals surface area contributed by atoms with Crippen molar-refractivity contribution in [3.8, 4) is 5.75 Å². The van der Waals surface area contributed by atoms with Crippen molar-refractivity contribution >= 4 is 41.2 Å². The zero-order chi connectivity index (χ0) is 28.3. The van der Waals surface area contributed by atoms with Crippen molar-refractivity contribution in [2.24, 2.45) is 5.16 Å². The van der Waals surface area contributed by atoms with E-state index >= 15 is 0 Å². The van der Waals surface area contributed by atoms with Gasteiger partial charge in [-0.25, -0.2) is 0 Å². The molecule has 0 saturated heterocycles. The second-order valence-electron chi connectivity index (χ2n) is 8.72. The lowest BCUT2D eigenvalue weighted by Crippen LogP contribution is -2.53. The number of carboxylic acids is 3. The van der Waals surface area contributed by atoms with Crippen molar-refractivity contribution in [2.75, 3.05) is 6.61 Å². The number of Topliss-reactive ketones (excluding diaryl/α,β-unsaturated/α-hetero) is 1. The Morgan fingerprint density at radius 3 is 2.24 bits per heavy atom. The standard InChI is InChI=1S/C24H29N3O11/c1-24(12-17(27-38-24)15(7-9-20(30)31)25-19(29)8-10-21(32)33)23(36)26-16(11-22(34)35)18(28)13-37-14-5-3-2-4-6-14/h2-6,15-16H,7-13H2,1H3,(H,25,29)(H,26,36)(H,30,31)(H,32,33)(H,34,35)/t15-,16-,24?/m0/s1. The molecule has 1 aromatic carbocycles. The largest absolute Gasteiger partial charge is 0.486 e. The van der Waals surface area contributed by atoms with Gasteiger partial charge < -0.3 is 35.5 Å². The molecule has 1 heterocycles. The van der Waals surface area contributed by atoms with Gasteiger partial charge in [-0.1, -0.05) is 23.4 Å². The Balaban J connectivity index is 2.06. The number of carboxylic acid groups (broad SMARTS) is 3. The first-order valence-electron chi connectivity index (χ1n) is 11.6. The van der Waals surface area contributed by atoms with Crippen LogP contribution in [0.1, 0.15) is 45.4 Å². The normalized spacial score (nSPS) is 17.8. The molecule has 2 rings (SSSR count). The van der Waals surface area contributed by atoms with Crippen molar-refractivity contribution in [1.82, 2.24) is 10.6 Å². The van der Waals surface area contributed by atoms with E-state index in [1.165, 1.54) is 6.92 Å². The average molecular weight is 536 g/mol. The van der Waals surface area contributed by atoms with Crippen LogP contribution >= 0.6 is 0 Å². The van der Waals surface area contributed by atoms with Crippen LogP contribution in [0.2, 0.25) is 0 Å². The minimum atomic E-state index is -1.69. The highest BCUT2D eigenvalue weighted by molar-refractivity contribution is 6.01. The molecule has 0 spiro atoms. The number of benzene rings is 1. The molecule has 1 aromatic rings. The van der Waals surface area contributed by atoms with Crippen LogP contribution in [-0.2, 0) is 33.6 Å². The Morgan fingerprint density at radius 2 is 1.63 bits per heavy atom. The molecule has 5 N–H and O–H groups in total. The van der Waals surface area contributed by atoms with Crippen molar-refractivity contribution in [3.05, 3.63) is 30.3 Å². The molecule has 14 nitrogen and oxygen atoms in total. The van der Waals surface area contributed by atoms with Gasteiger partial charge in [-0.05, 0) is 25.5 Å². The smallest absolute Gasteiger partial charge is 0.305 e. The number of ketones is 1. The van der Waals surface area contributed by atoms with E-state index in [1.54, 1.807) is 30.3 Å². The zero-order valence-electron chi connectivity index (χ0n) is 20.5.